The van der Waals surface area contributed by atoms with Gasteiger partial charge in [-0.05, 0) is 84.5 Å². The van der Waals surface area contributed by atoms with Crippen LogP contribution in [0, 0.1) is 0 Å². The van der Waals surface area contributed by atoms with Gasteiger partial charge in [0.25, 0.3) is 5.91 Å². The van der Waals surface area contributed by atoms with Crippen molar-refractivity contribution in [1.29, 1.82) is 0 Å². The zero-order valence-electron chi connectivity index (χ0n) is 27.2. The Labute approximate surface area is 291 Å². The number of nitrogens with one attached hydrogen (secondary N) is 1. The Morgan fingerprint density at radius 2 is 1.72 bits per heavy atom. The number of aryl methyl sites for hydroxylation is 1. The number of carbonyl (C=O) groups is 1. The monoisotopic (exact) mass is 702 g/mol. The summed E-state index contributed by atoms with van der Waals surface area (Å²) in [7, 11) is 3.61. The Morgan fingerprint density at radius 3 is 2.44 bits per heavy atom. The van der Waals surface area contributed by atoms with Gasteiger partial charge in [0.2, 0.25) is 12.7 Å². The van der Waals surface area contributed by atoms with E-state index < -0.39 is 11.7 Å². The molecule has 0 saturated carbocycles. The van der Waals surface area contributed by atoms with Crippen molar-refractivity contribution in [2.45, 2.75) is 12.7 Å². The molecule has 10 nitrogen and oxygen atoms in total. The van der Waals surface area contributed by atoms with Crippen LogP contribution in [-0.2, 0) is 19.8 Å². The number of rotatable bonds is 7. The Bertz CT molecular complexity index is 2040. The Morgan fingerprint density at radius 1 is 0.960 bits per heavy atom. The molecule has 0 radical (unpaired) electrons. The number of anilines is 2. The molecule has 2 aromatic heterocycles. The van der Waals surface area contributed by atoms with Crippen molar-refractivity contribution >= 4 is 45.5 Å². The van der Waals surface area contributed by atoms with Gasteiger partial charge in [-0.25, -0.2) is 4.98 Å². The van der Waals surface area contributed by atoms with Crippen molar-refractivity contribution in [3.8, 4) is 23.1 Å². The highest BCUT2D eigenvalue weighted by Crippen LogP contribution is 2.33. The molecule has 50 heavy (non-hydrogen) atoms. The third kappa shape index (κ3) is 7.03. The smallest absolute Gasteiger partial charge is 0.416 e. The molecule has 0 atom stereocenters. The number of amides is 1. The maximum atomic E-state index is 13.6. The summed E-state index contributed by atoms with van der Waals surface area (Å²) in [4.78, 5) is 23.9. The molecule has 2 aliphatic heterocycles. The molecule has 1 fully saturated rings. The molecule has 4 heterocycles. The summed E-state index contributed by atoms with van der Waals surface area (Å²) in [6, 6.07) is 21.6. The number of carbonyl (C=O) groups excluding carboxylic acids is 1. The number of alkyl halides is 3. The van der Waals surface area contributed by atoms with Crippen molar-refractivity contribution < 1.29 is 32.2 Å². The second-order valence-corrected chi connectivity index (χ2v) is 12.5. The van der Waals surface area contributed by atoms with E-state index in [1.165, 1.54) is 12.1 Å². The molecule has 0 aliphatic carbocycles. The number of pyridine rings is 1. The highest BCUT2D eigenvalue weighted by molar-refractivity contribution is 7.80. The average Bonchev–Trinajstić information content (AvgIpc) is 3.71. The summed E-state index contributed by atoms with van der Waals surface area (Å²) in [5, 5.41) is 4.08. The van der Waals surface area contributed by atoms with E-state index in [2.05, 4.69) is 21.3 Å². The van der Waals surface area contributed by atoms with E-state index in [0.717, 1.165) is 59.7 Å². The molecule has 1 saturated heterocycles. The number of halogens is 3. The van der Waals surface area contributed by atoms with Gasteiger partial charge in [-0.2, -0.15) is 13.2 Å². The largest absolute Gasteiger partial charge is 0.454 e. The second-order valence-electron chi connectivity index (χ2n) is 12.1. The standard InChI is InChI=1S/C36H33F3N6O4S/c1-42(35(50)41-26-6-4-25(5-7-26)36(37,38)39)27-8-12-33(40-20-27)49-28-9-10-29-24(18-28)19-30(43(29)2)34(46)45-15-13-44(14-16-45)21-23-3-11-31-32(17-23)48-22-47-31/h3-12,17-20H,13-16,21-22H2,1-2H3,(H,41,50). The zero-order valence-corrected chi connectivity index (χ0v) is 28.1. The third-order valence-corrected chi connectivity index (χ3v) is 9.21. The van der Waals surface area contributed by atoms with Crippen LogP contribution in [-0.4, -0.2) is 70.4 Å². The predicted octanol–water partition coefficient (Wildman–Crippen LogP) is 6.90. The predicted molar refractivity (Wildman–Crippen MR) is 187 cm³/mol. The lowest BCUT2D eigenvalue weighted by Crippen LogP contribution is -2.48. The van der Waals surface area contributed by atoms with Crippen molar-refractivity contribution in [2.75, 3.05) is 50.2 Å². The van der Waals surface area contributed by atoms with Crippen molar-refractivity contribution in [3.63, 3.8) is 0 Å². The van der Waals surface area contributed by atoms with Gasteiger partial charge >= 0.3 is 6.18 Å². The molecular weight excluding hydrogens is 669 g/mol. The summed E-state index contributed by atoms with van der Waals surface area (Å²) in [6.07, 6.45) is -2.82. The van der Waals surface area contributed by atoms with Gasteiger partial charge in [-0.1, -0.05) is 6.07 Å². The molecule has 14 heteroatoms. The highest BCUT2D eigenvalue weighted by Gasteiger charge is 2.30. The van der Waals surface area contributed by atoms with Crippen molar-refractivity contribution in [2.24, 2.45) is 7.05 Å². The van der Waals surface area contributed by atoms with Crippen LogP contribution in [0.3, 0.4) is 0 Å². The summed E-state index contributed by atoms with van der Waals surface area (Å²) in [5.74, 6) is 2.45. The van der Waals surface area contributed by atoms with Gasteiger partial charge in [0, 0.05) is 69.5 Å². The normalized spacial score (nSPS) is 14.5. The maximum absolute atomic E-state index is 13.6. The van der Waals surface area contributed by atoms with Crippen LogP contribution in [0.1, 0.15) is 21.6 Å². The van der Waals surface area contributed by atoms with E-state index in [4.69, 9.17) is 26.4 Å². The van der Waals surface area contributed by atoms with E-state index in [9.17, 15) is 18.0 Å². The lowest BCUT2D eigenvalue weighted by Gasteiger charge is -2.34. The van der Waals surface area contributed by atoms with Crippen LogP contribution in [0.2, 0.25) is 0 Å². The number of aromatic nitrogens is 2. The van der Waals surface area contributed by atoms with Crippen LogP contribution in [0.4, 0.5) is 24.5 Å². The fraction of sp³-hybridized carbons (Fsp3) is 0.250. The number of thiocarbonyl (C=S) groups is 1. The van der Waals surface area contributed by atoms with Gasteiger partial charge in [0.05, 0.1) is 17.4 Å². The van der Waals surface area contributed by atoms with E-state index in [1.54, 1.807) is 30.3 Å². The van der Waals surface area contributed by atoms with E-state index in [1.807, 2.05) is 52.9 Å². The topological polar surface area (TPSA) is 84.3 Å². The van der Waals surface area contributed by atoms with Crippen LogP contribution in [0.25, 0.3) is 10.9 Å². The molecule has 0 unspecified atom stereocenters. The molecule has 0 spiro atoms. The number of nitrogens with zero attached hydrogens (tertiary/aromatic N) is 5. The van der Waals surface area contributed by atoms with E-state index >= 15 is 0 Å². The average molecular weight is 703 g/mol. The minimum Gasteiger partial charge on any atom is -0.454 e. The SMILES string of the molecule is CN(C(=S)Nc1ccc(C(F)(F)F)cc1)c1ccc(Oc2ccc3c(c2)cc(C(=O)N2CCN(Cc4ccc5c(c4)OCO5)CC2)n3C)nc1. The Kier molecular flexibility index (Phi) is 8.97. The van der Waals surface area contributed by atoms with Gasteiger partial charge in [-0.3, -0.25) is 9.69 Å². The van der Waals surface area contributed by atoms with Crippen molar-refractivity contribution in [3.05, 3.63) is 102 Å². The van der Waals surface area contributed by atoms with Crippen LogP contribution < -0.4 is 24.4 Å². The number of hydrogen-bond donors (Lipinski definition) is 1. The Hall–Kier alpha value is -5.34. The number of fused-ring (bicyclic) bond motifs is 2. The fourth-order valence-electron chi connectivity index (χ4n) is 5.98. The summed E-state index contributed by atoms with van der Waals surface area (Å²) in [5.41, 5.74) is 3.00. The molecule has 1 amide bonds. The molecule has 5 aromatic rings. The molecule has 2 aliphatic rings. The number of piperazine rings is 1. The van der Waals surface area contributed by atoms with Gasteiger partial charge < -0.3 is 33.9 Å². The first-order valence-corrected chi connectivity index (χ1v) is 16.3. The lowest BCUT2D eigenvalue weighted by atomic mass is 10.1. The molecular formula is C36H33F3N6O4S. The van der Waals surface area contributed by atoms with E-state index in [0.29, 0.717) is 41.8 Å². The minimum absolute atomic E-state index is 0.0130. The minimum atomic E-state index is -4.41. The Balaban J connectivity index is 0.947. The first-order valence-electron chi connectivity index (χ1n) is 15.9. The first-order chi connectivity index (χ1) is 24.0. The molecule has 7 rings (SSSR count). The van der Waals surface area contributed by atoms with Gasteiger partial charge in [-0.15, -0.1) is 0 Å². The highest BCUT2D eigenvalue weighted by atomic mass is 32.1. The van der Waals surface area contributed by atoms with Gasteiger partial charge in [0.15, 0.2) is 16.6 Å². The lowest BCUT2D eigenvalue weighted by molar-refractivity contribution is -0.137. The molecule has 0 bridgehead atoms. The third-order valence-electron chi connectivity index (χ3n) is 8.83. The first kappa shape index (κ1) is 33.2. The van der Waals surface area contributed by atoms with Crippen LogP contribution in [0.5, 0.6) is 23.1 Å². The molecule has 3 aromatic carbocycles. The zero-order chi connectivity index (χ0) is 35.0. The molecule has 1 N–H and O–H groups in total. The number of benzene rings is 3. The maximum Gasteiger partial charge on any atom is 0.416 e. The van der Waals surface area contributed by atoms with Crippen molar-refractivity contribution in [1.82, 2.24) is 19.4 Å². The summed E-state index contributed by atoms with van der Waals surface area (Å²) in [6.45, 7) is 3.83. The fourth-order valence-corrected chi connectivity index (χ4v) is 6.21. The second kappa shape index (κ2) is 13.5. The van der Waals surface area contributed by atoms with Gasteiger partial charge in [0.1, 0.15) is 11.4 Å². The van der Waals surface area contributed by atoms with Crippen LogP contribution in [0.15, 0.2) is 85.1 Å². The quantitative estimate of drug-likeness (QED) is 0.182. The number of ether oxygens (including phenoxy) is 3. The summed E-state index contributed by atoms with van der Waals surface area (Å²) >= 11 is 5.44. The number of hydrogen-bond acceptors (Lipinski definition) is 7. The van der Waals surface area contributed by atoms with E-state index in [-0.39, 0.29) is 17.8 Å². The molecule has 258 valence electrons. The summed E-state index contributed by atoms with van der Waals surface area (Å²) < 4.78 is 57.5. The van der Waals surface area contributed by atoms with Crippen LogP contribution >= 0.6 is 12.2 Å².